The van der Waals surface area contributed by atoms with E-state index in [0.29, 0.717) is 0 Å². The van der Waals surface area contributed by atoms with Gasteiger partial charge in [-0.15, -0.1) is 11.3 Å². The molecule has 0 atom stereocenters. The van der Waals surface area contributed by atoms with Gasteiger partial charge >= 0.3 is 0 Å². The molecule has 0 saturated carbocycles. The van der Waals surface area contributed by atoms with Gasteiger partial charge < -0.3 is 4.90 Å². The van der Waals surface area contributed by atoms with Gasteiger partial charge in [0.15, 0.2) is 0 Å². The summed E-state index contributed by atoms with van der Waals surface area (Å²) in [5.41, 5.74) is 8.21. The maximum absolute atomic E-state index is 2.40. The number of nitrogens with zero attached hydrogens (tertiary/aromatic N) is 1. The van der Waals surface area contributed by atoms with Crippen molar-refractivity contribution in [3.05, 3.63) is 200 Å². The molecule has 11 aromatic rings. The molecule has 2 heteroatoms. The first kappa shape index (κ1) is 30.8. The Hall–Kier alpha value is -6.74. The Balaban J connectivity index is 1.08. The molecular formula is C52H33NS. The molecule has 0 fully saturated rings. The van der Waals surface area contributed by atoms with Crippen molar-refractivity contribution >= 4 is 91.7 Å². The van der Waals surface area contributed by atoms with E-state index in [4.69, 9.17) is 0 Å². The predicted molar refractivity (Wildman–Crippen MR) is 235 cm³/mol. The van der Waals surface area contributed by atoms with Crippen LogP contribution in [0.5, 0.6) is 0 Å². The first-order valence-corrected chi connectivity index (χ1v) is 19.3. The van der Waals surface area contributed by atoms with Gasteiger partial charge in [0, 0.05) is 37.2 Å². The van der Waals surface area contributed by atoms with E-state index < -0.39 is 0 Å². The monoisotopic (exact) mass is 703 g/mol. The van der Waals surface area contributed by atoms with E-state index in [9.17, 15) is 0 Å². The molecule has 11 rings (SSSR count). The van der Waals surface area contributed by atoms with E-state index >= 15 is 0 Å². The molecule has 10 aromatic carbocycles. The van der Waals surface area contributed by atoms with Crippen molar-refractivity contribution in [2.75, 3.05) is 4.90 Å². The molecule has 0 radical (unpaired) electrons. The zero-order valence-electron chi connectivity index (χ0n) is 29.4. The van der Waals surface area contributed by atoms with E-state index in [1.165, 1.54) is 85.5 Å². The Labute approximate surface area is 317 Å². The van der Waals surface area contributed by atoms with Gasteiger partial charge in [-0.25, -0.2) is 0 Å². The minimum absolute atomic E-state index is 1.11. The fraction of sp³-hybridized carbons (Fsp3) is 0. The Morgan fingerprint density at radius 3 is 1.81 bits per heavy atom. The average Bonchev–Trinajstić information content (AvgIpc) is 3.63. The second-order valence-corrected chi connectivity index (χ2v) is 15.2. The van der Waals surface area contributed by atoms with Crippen LogP contribution in [0.4, 0.5) is 17.1 Å². The highest BCUT2D eigenvalue weighted by Crippen LogP contribution is 2.43. The molecule has 54 heavy (non-hydrogen) atoms. The summed E-state index contributed by atoms with van der Waals surface area (Å²) >= 11 is 1.89. The van der Waals surface area contributed by atoms with Gasteiger partial charge in [0.2, 0.25) is 0 Å². The Bertz CT molecular complexity index is 3210. The Morgan fingerprint density at radius 2 is 0.944 bits per heavy atom. The molecule has 0 spiro atoms. The first-order chi connectivity index (χ1) is 26.8. The third-order valence-corrected chi connectivity index (χ3v) is 12.2. The fourth-order valence-corrected chi connectivity index (χ4v) is 9.68. The van der Waals surface area contributed by atoms with Crippen molar-refractivity contribution in [1.29, 1.82) is 0 Å². The Kier molecular flexibility index (Phi) is 7.11. The van der Waals surface area contributed by atoms with Crippen molar-refractivity contribution < 1.29 is 0 Å². The summed E-state index contributed by atoms with van der Waals surface area (Å²) in [4.78, 5) is 2.40. The minimum atomic E-state index is 1.11. The second kappa shape index (κ2) is 12.4. The molecule has 0 N–H and O–H groups in total. The summed E-state index contributed by atoms with van der Waals surface area (Å²) in [6.45, 7) is 0. The smallest absolute Gasteiger partial charge is 0.0468 e. The summed E-state index contributed by atoms with van der Waals surface area (Å²) in [5, 5.41) is 12.9. The standard InChI is InChI=1S/C52H33NS/c1-2-10-34(11-3-1)39-14-8-15-42(32-39)53(43-29-31-46-40(33-43)26-30-48-47-17-6-7-19-49(47)54-52(46)48)41-27-24-36(25-28-41)45-18-9-13-37-22-23-38-21-20-35-12-4-5-16-44(35)51(38)50(37)45/h1-33H. The van der Waals surface area contributed by atoms with Crippen LogP contribution in [0.25, 0.3) is 85.5 Å². The average molecular weight is 704 g/mol. The molecule has 0 aliphatic carbocycles. The fourth-order valence-electron chi connectivity index (χ4n) is 8.44. The zero-order valence-corrected chi connectivity index (χ0v) is 30.2. The zero-order chi connectivity index (χ0) is 35.6. The van der Waals surface area contributed by atoms with Crippen LogP contribution in [-0.2, 0) is 0 Å². The highest BCUT2D eigenvalue weighted by atomic mass is 32.1. The lowest BCUT2D eigenvalue weighted by Gasteiger charge is -2.27. The summed E-state index contributed by atoms with van der Waals surface area (Å²) in [7, 11) is 0. The van der Waals surface area contributed by atoms with E-state index in [1.54, 1.807) is 0 Å². The molecule has 1 heterocycles. The third-order valence-electron chi connectivity index (χ3n) is 11.0. The quantitative estimate of drug-likeness (QED) is 0.161. The van der Waals surface area contributed by atoms with Gasteiger partial charge in [-0.05, 0) is 108 Å². The van der Waals surface area contributed by atoms with Crippen LogP contribution in [0.2, 0.25) is 0 Å². The SMILES string of the molecule is c1ccc(-c2cccc(N(c3ccc(-c4cccc5ccc6ccc7ccccc7c6c45)cc3)c3ccc4c(ccc5c6ccccc6sc45)c3)c2)cc1. The number of hydrogen-bond donors (Lipinski definition) is 0. The van der Waals surface area contributed by atoms with E-state index in [-0.39, 0.29) is 0 Å². The highest BCUT2D eigenvalue weighted by molar-refractivity contribution is 7.26. The molecule has 0 bridgehead atoms. The van der Waals surface area contributed by atoms with Gasteiger partial charge in [-0.2, -0.15) is 0 Å². The lowest BCUT2D eigenvalue weighted by atomic mass is 9.91. The van der Waals surface area contributed by atoms with Crippen LogP contribution in [0.3, 0.4) is 0 Å². The van der Waals surface area contributed by atoms with Crippen LogP contribution < -0.4 is 4.90 Å². The first-order valence-electron chi connectivity index (χ1n) is 18.5. The molecule has 0 unspecified atom stereocenters. The number of thiophene rings is 1. The lowest BCUT2D eigenvalue weighted by Crippen LogP contribution is -2.10. The number of hydrogen-bond acceptors (Lipinski definition) is 2. The van der Waals surface area contributed by atoms with E-state index in [1.807, 2.05) is 11.3 Å². The molecule has 0 amide bonds. The molecule has 1 aromatic heterocycles. The van der Waals surface area contributed by atoms with Crippen LogP contribution >= 0.6 is 11.3 Å². The topological polar surface area (TPSA) is 3.24 Å². The van der Waals surface area contributed by atoms with Crippen LogP contribution in [0.15, 0.2) is 200 Å². The number of anilines is 3. The molecule has 0 saturated heterocycles. The van der Waals surface area contributed by atoms with Gasteiger partial charge in [-0.1, -0.05) is 158 Å². The largest absolute Gasteiger partial charge is 0.310 e. The highest BCUT2D eigenvalue weighted by Gasteiger charge is 2.17. The number of benzene rings is 10. The molecular weight excluding hydrogens is 671 g/mol. The predicted octanol–water partition coefficient (Wildman–Crippen LogP) is 15.5. The van der Waals surface area contributed by atoms with Crippen molar-refractivity contribution in [1.82, 2.24) is 0 Å². The van der Waals surface area contributed by atoms with Crippen molar-refractivity contribution in [3.63, 3.8) is 0 Å². The summed E-state index contributed by atoms with van der Waals surface area (Å²) in [5.74, 6) is 0. The lowest BCUT2D eigenvalue weighted by molar-refractivity contribution is 1.29. The maximum Gasteiger partial charge on any atom is 0.0468 e. The third kappa shape index (κ3) is 4.99. The summed E-state index contributed by atoms with van der Waals surface area (Å²) in [6, 6.07) is 73.5. The van der Waals surface area contributed by atoms with Crippen LogP contribution in [0, 0.1) is 0 Å². The van der Waals surface area contributed by atoms with Crippen molar-refractivity contribution in [2.45, 2.75) is 0 Å². The van der Waals surface area contributed by atoms with Gasteiger partial charge in [-0.3, -0.25) is 0 Å². The van der Waals surface area contributed by atoms with Gasteiger partial charge in [0.05, 0.1) is 0 Å². The van der Waals surface area contributed by atoms with Crippen molar-refractivity contribution in [3.8, 4) is 22.3 Å². The van der Waals surface area contributed by atoms with Crippen molar-refractivity contribution in [2.24, 2.45) is 0 Å². The molecule has 0 aliphatic rings. The maximum atomic E-state index is 2.40. The van der Waals surface area contributed by atoms with E-state index in [0.717, 1.165) is 17.1 Å². The Morgan fingerprint density at radius 1 is 0.315 bits per heavy atom. The van der Waals surface area contributed by atoms with Gasteiger partial charge in [0.25, 0.3) is 0 Å². The van der Waals surface area contributed by atoms with Crippen LogP contribution in [0.1, 0.15) is 0 Å². The molecule has 252 valence electrons. The second-order valence-electron chi connectivity index (χ2n) is 14.1. The number of rotatable bonds is 5. The van der Waals surface area contributed by atoms with E-state index in [2.05, 4.69) is 205 Å². The normalized spacial score (nSPS) is 11.7. The summed E-state index contributed by atoms with van der Waals surface area (Å²) < 4.78 is 2.67. The van der Waals surface area contributed by atoms with Gasteiger partial charge in [0.1, 0.15) is 0 Å². The number of fused-ring (bicyclic) bond motifs is 10. The summed E-state index contributed by atoms with van der Waals surface area (Å²) in [6.07, 6.45) is 0. The van der Waals surface area contributed by atoms with Crippen LogP contribution in [-0.4, -0.2) is 0 Å². The molecule has 1 nitrogen and oxygen atoms in total. The molecule has 0 aliphatic heterocycles. The minimum Gasteiger partial charge on any atom is -0.310 e.